The molecule has 0 amide bonds. The molecular formula is C20H23N5O2. The lowest BCUT2D eigenvalue weighted by atomic mass is 10.1. The van der Waals surface area contributed by atoms with Crippen molar-refractivity contribution >= 4 is 5.82 Å². The maximum atomic E-state index is 12.6. The molecule has 4 rings (SSSR count). The van der Waals surface area contributed by atoms with E-state index in [0.29, 0.717) is 5.82 Å². The zero-order chi connectivity index (χ0) is 18.8. The van der Waals surface area contributed by atoms with Gasteiger partial charge in [-0.3, -0.25) is 19.0 Å². The predicted molar refractivity (Wildman–Crippen MR) is 104 cm³/mol. The van der Waals surface area contributed by atoms with Crippen LogP contribution in [0.2, 0.25) is 0 Å². The van der Waals surface area contributed by atoms with Gasteiger partial charge in [0.2, 0.25) is 0 Å². The Morgan fingerprint density at radius 1 is 1.19 bits per heavy atom. The van der Waals surface area contributed by atoms with Crippen molar-refractivity contribution in [3.63, 3.8) is 0 Å². The Morgan fingerprint density at radius 2 is 2.00 bits per heavy atom. The largest absolute Gasteiger partial charge is 0.355 e. The molecule has 7 heteroatoms. The van der Waals surface area contributed by atoms with E-state index in [-0.39, 0.29) is 23.8 Å². The van der Waals surface area contributed by atoms with Gasteiger partial charge < -0.3 is 4.90 Å². The average molecular weight is 365 g/mol. The quantitative estimate of drug-likeness (QED) is 0.744. The summed E-state index contributed by atoms with van der Waals surface area (Å²) in [6, 6.07) is 11.3. The summed E-state index contributed by atoms with van der Waals surface area (Å²) in [6.45, 7) is 1.11. The number of aryl methyl sites for hydroxylation is 1. The summed E-state index contributed by atoms with van der Waals surface area (Å²) in [7, 11) is 1.90. The molecule has 1 aliphatic rings. The highest BCUT2D eigenvalue weighted by Crippen LogP contribution is 2.25. The fourth-order valence-electron chi connectivity index (χ4n) is 3.79. The van der Waals surface area contributed by atoms with Crippen molar-refractivity contribution in [2.24, 2.45) is 7.05 Å². The normalized spacial score (nSPS) is 16.8. The van der Waals surface area contributed by atoms with E-state index in [1.165, 1.54) is 4.57 Å². The second-order valence-corrected chi connectivity index (χ2v) is 7.09. The summed E-state index contributed by atoms with van der Waals surface area (Å²) in [5, 5.41) is 4.22. The van der Waals surface area contributed by atoms with Crippen LogP contribution in [-0.2, 0) is 20.0 Å². The van der Waals surface area contributed by atoms with Gasteiger partial charge in [0.25, 0.3) is 5.56 Å². The van der Waals surface area contributed by atoms with Crippen molar-refractivity contribution in [3.8, 4) is 0 Å². The number of aromatic nitrogens is 4. The van der Waals surface area contributed by atoms with Crippen LogP contribution in [0.1, 0.15) is 24.0 Å². The van der Waals surface area contributed by atoms with Crippen LogP contribution >= 0.6 is 0 Å². The zero-order valence-electron chi connectivity index (χ0n) is 15.3. The first-order valence-corrected chi connectivity index (χ1v) is 9.22. The highest BCUT2D eigenvalue weighted by atomic mass is 16.2. The molecule has 0 aliphatic carbocycles. The number of nitrogens with one attached hydrogen (secondary N) is 1. The van der Waals surface area contributed by atoms with Gasteiger partial charge in [0.15, 0.2) is 0 Å². The van der Waals surface area contributed by atoms with E-state index in [0.717, 1.165) is 36.9 Å². The Bertz CT molecular complexity index is 1000. The van der Waals surface area contributed by atoms with Crippen molar-refractivity contribution in [1.29, 1.82) is 0 Å². The van der Waals surface area contributed by atoms with Crippen LogP contribution < -0.4 is 16.1 Å². The Hall–Kier alpha value is -3.09. The molecule has 3 heterocycles. The fraction of sp³-hybridized carbons (Fsp3) is 0.350. The Balaban J connectivity index is 1.58. The van der Waals surface area contributed by atoms with Gasteiger partial charge in [-0.05, 0) is 30.4 Å². The SMILES string of the molecule is Cn1cc(CC2CCCN2c2cc(=O)n(Cc3ccccc3)c(=O)[nH]2)cn1. The number of benzene rings is 1. The van der Waals surface area contributed by atoms with Gasteiger partial charge in [-0.15, -0.1) is 0 Å². The molecule has 0 spiro atoms. The Labute approximate surface area is 156 Å². The molecule has 2 aromatic heterocycles. The van der Waals surface area contributed by atoms with E-state index >= 15 is 0 Å². The molecular weight excluding hydrogens is 342 g/mol. The number of hydrogen-bond donors (Lipinski definition) is 1. The summed E-state index contributed by atoms with van der Waals surface area (Å²) in [4.78, 5) is 30.2. The molecule has 0 bridgehead atoms. The third-order valence-electron chi connectivity index (χ3n) is 5.11. The third-order valence-corrected chi connectivity index (χ3v) is 5.11. The Kier molecular flexibility index (Phi) is 4.66. The maximum Gasteiger partial charge on any atom is 0.330 e. The van der Waals surface area contributed by atoms with Crippen molar-refractivity contribution in [1.82, 2.24) is 19.3 Å². The Morgan fingerprint density at radius 3 is 2.70 bits per heavy atom. The van der Waals surface area contributed by atoms with Gasteiger partial charge in [-0.2, -0.15) is 5.10 Å². The number of hydrogen-bond acceptors (Lipinski definition) is 4. The van der Waals surface area contributed by atoms with Crippen LogP contribution in [0.3, 0.4) is 0 Å². The summed E-state index contributed by atoms with van der Waals surface area (Å²) in [5.74, 6) is 0.612. The first kappa shape index (κ1) is 17.3. The lowest BCUT2D eigenvalue weighted by Crippen LogP contribution is -2.39. The first-order chi connectivity index (χ1) is 13.1. The number of rotatable bonds is 5. The molecule has 1 N–H and O–H groups in total. The van der Waals surface area contributed by atoms with E-state index in [1.807, 2.05) is 49.8 Å². The second-order valence-electron chi connectivity index (χ2n) is 7.09. The molecule has 7 nitrogen and oxygen atoms in total. The maximum absolute atomic E-state index is 12.6. The summed E-state index contributed by atoms with van der Waals surface area (Å²) in [6.07, 6.45) is 6.81. The van der Waals surface area contributed by atoms with Crippen molar-refractivity contribution in [2.45, 2.75) is 31.8 Å². The third kappa shape index (κ3) is 3.72. The van der Waals surface area contributed by atoms with Crippen LogP contribution in [0.25, 0.3) is 0 Å². The average Bonchev–Trinajstić information content (AvgIpc) is 3.28. The molecule has 1 aromatic carbocycles. The second kappa shape index (κ2) is 7.26. The molecule has 1 unspecified atom stereocenters. The van der Waals surface area contributed by atoms with E-state index in [1.54, 1.807) is 10.7 Å². The molecule has 140 valence electrons. The van der Waals surface area contributed by atoms with Gasteiger partial charge in [-0.25, -0.2) is 4.79 Å². The van der Waals surface area contributed by atoms with Crippen LogP contribution in [0.5, 0.6) is 0 Å². The van der Waals surface area contributed by atoms with Crippen LogP contribution in [-0.4, -0.2) is 31.9 Å². The molecule has 0 radical (unpaired) electrons. The standard InChI is InChI=1S/C20H23N5O2/c1-23-13-16(12-21-23)10-17-8-5-9-24(17)18-11-19(26)25(20(27)22-18)14-15-6-3-2-4-7-15/h2-4,6-7,11-13,17H,5,8-10,14H2,1H3,(H,22,27). The van der Waals surface area contributed by atoms with Crippen molar-refractivity contribution in [3.05, 3.63) is 80.8 Å². The molecule has 1 saturated heterocycles. The molecule has 1 aliphatic heterocycles. The summed E-state index contributed by atoms with van der Waals surface area (Å²) in [5.41, 5.74) is 1.45. The first-order valence-electron chi connectivity index (χ1n) is 9.22. The highest BCUT2D eigenvalue weighted by molar-refractivity contribution is 5.40. The molecule has 3 aromatic rings. The van der Waals surface area contributed by atoms with Gasteiger partial charge in [-0.1, -0.05) is 30.3 Å². The lowest BCUT2D eigenvalue weighted by Gasteiger charge is -2.26. The lowest BCUT2D eigenvalue weighted by molar-refractivity contribution is 0.643. The minimum absolute atomic E-state index is 0.259. The summed E-state index contributed by atoms with van der Waals surface area (Å²) >= 11 is 0. The van der Waals surface area contributed by atoms with Crippen LogP contribution in [0.15, 0.2) is 58.4 Å². The van der Waals surface area contributed by atoms with E-state index in [2.05, 4.69) is 15.0 Å². The van der Waals surface area contributed by atoms with Gasteiger partial charge in [0.05, 0.1) is 12.7 Å². The molecule has 1 fully saturated rings. The monoisotopic (exact) mass is 365 g/mol. The number of H-pyrrole nitrogens is 1. The highest BCUT2D eigenvalue weighted by Gasteiger charge is 2.26. The van der Waals surface area contributed by atoms with Crippen molar-refractivity contribution in [2.75, 3.05) is 11.4 Å². The molecule has 0 saturated carbocycles. The number of aromatic amines is 1. The van der Waals surface area contributed by atoms with Gasteiger partial charge >= 0.3 is 5.69 Å². The summed E-state index contributed by atoms with van der Waals surface area (Å²) < 4.78 is 3.03. The van der Waals surface area contributed by atoms with Gasteiger partial charge in [0, 0.05) is 31.9 Å². The van der Waals surface area contributed by atoms with E-state index in [9.17, 15) is 9.59 Å². The van der Waals surface area contributed by atoms with Crippen molar-refractivity contribution < 1.29 is 0 Å². The number of nitrogens with zero attached hydrogens (tertiary/aromatic N) is 4. The smallest absolute Gasteiger partial charge is 0.330 e. The zero-order valence-corrected chi connectivity index (χ0v) is 15.3. The molecule has 1 atom stereocenters. The van der Waals surface area contributed by atoms with E-state index in [4.69, 9.17) is 0 Å². The van der Waals surface area contributed by atoms with Gasteiger partial charge in [0.1, 0.15) is 5.82 Å². The van der Waals surface area contributed by atoms with Crippen LogP contribution in [0.4, 0.5) is 5.82 Å². The predicted octanol–water partition coefficient (Wildman–Crippen LogP) is 1.53. The number of anilines is 1. The molecule has 27 heavy (non-hydrogen) atoms. The topological polar surface area (TPSA) is 75.9 Å². The minimum Gasteiger partial charge on any atom is -0.355 e. The van der Waals surface area contributed by atoms with Crippen LogP contribution in [0, 0.1) is 0 Å². The van der Waals surface area contributed by atoms with E-state index < -0.39 is 0 Å². The fourth-order valence-corrected chi connectivity index (χ4v) is 3.79. The minimum atomic E-state index is -0.367.